The molecule has 1 aromatic carbocycles. The third-order valence-corrected chi connectivity index (χ3v) is 3.52. The van der Waals surface area contributed by atoms with Gasteiger partial charge in [-0.1, -0.05) is 17.7 Å². The number of H-pyrrole nitrogens is 1. The fraction of sp³-hybridized carbons (Fsp3) is 0.0667. The highest BCUT2D eigenvalue weighted by atomic mass is 35.5. The summed E-state index contributed by atoms with van der Waals surface area (Å²) < 4.78 is 13.5. The number of halogens is 2. The quantitative estimate of drug-likeness (QED) is 0.720. The third kappa shape index (κ3) is 1.98. The number of aromatic amines is 1. The number of fused-ring (bicyclic) bond motifs is 1. The van der Waals surface area contributed by atoms with Gasteiger partial charge in [-0.05, 0) is 30.7 Å². The van der Waals surface area contributed by atoms with E-state index < -0.39 is 5.82 Å². The number of aryl methyl sites for hydroxylation is 1. The molecule has 5 heteroatoms. The summed E-state index contributed by atoms with van der Waals surface area (Å²) >= 11 is 5.67. The van der Waals surface area contributed by atoms with Crippen LogP contribution in [0.4, 0.5) is 4.39 Å². The van der Waals surface area contributed by atoms with E-state index in [0.29, 0.717) is 23.2 Å². The summed E-state index contributed by atoms with van der Waals surface area (Å²) in [4.78, 5) is 18.6. The molecule has 0 unspecified atom stereocenters. The average molecular weight is 289 g/mol. The van der Waals surface area contributed by atoms with Gasteiger partial charge in [0.05, 0.1) is 16.2 Å². The minimum atomic E-state index is -0.513. The highest BCUT2D eigenvalue weighted by molar-refractivity contribution is 6.30. The smallest absolute Gasteiger partial charge is 0.169 e. The first kappa shape index (κ1) is 12.8. The first-order chi connectivity index (χ1) is 9.60. The monoisotopic (exact) mass is 288 g/mol. The fourth-order valence-corrected chi connectivity index (χ4v) is 2.36. The van der Waals surface area contributed by atoms with Crippen LogP contribution in [-0.2, 0) is 0 Å². The Morgan fingerprint density at radius 2 is 2.15 bits per heavy atom. The first-order valence-electron chi connectivity index (χ1n) is 5.99. The van der Waals surface area contributed by atoms with Gasteiger partial charge in [0.15, 0.2) is 6.29 Å². The van der Waals surface area contributed by atoms with Crippen molar-refractivity contribution in [1.82, 2.24) is 9.97 Å². The van der Waals surface area contributed by atoms with E-state index in [2.05, 4.69) is 9.97 Å². The van der Waals surface area contributed by atoms with Crippen molar-refractivity contribution in [2.45, 2.75) is 6.92 Å². The highest BCUT2D eigenvalue weighted by Crippen LogP contribution is 2.27. The summed E-state index contributed by atoms with van der Waals surface area (Å²) in [5, 5.41) is 0.847. The van der Waals surface area contributed by atoms with Crippen molar-refractivity contribution in [3.63, 3.8) is 0 Å². The predicted octanol–water partition coefficient (Wildman–Crippen LogP) is 4.14. The highest BCUT2D eigenvalue weighted by Gasteiger charge is 2.11. The number of hydrogen-bond acceptors (Lipinski definition) is 2. The van der Waals surface area contributed by atoms with Gasteiger partial charge in [0.1, 0.15) is 11.5 Å². The third-order valence-electron chi connectivity index (χ3n) is 3.21. The van der Waals surface area contributed by atoms with Gasteiger partial charge in [0.2, 0.25) is 0 Å². The average Bonchev–Trinajstić information content (AvgIpc) is 2.82. The number of carbonyl (C=O) groups is 1. The van der Waals surface area contributed by atoms with E-state index in [-0.39, 0.29) is 5.02 Å². The number of nitrogens with one attached hydrogen (secondary N) is 1. The minimum Gasteiger partial charge on any atom is -0.361 e. The van der Waals surface area contributed by atoms with Crippen LogP contribution in [0.3, 0.4) is 0 Å². The van der Waals surface area contributed by atoms with Gasteiger partial charge < -0.3 is 4.98 Å². The molecule has 20 heavy (non-hydrogen) atoms. The Kier molecular flexibility index (Phi) is 3.03. The van der Waals surface area contributed by atoms with Crippen LogP contribution in [0, 0.1) is 12.7 Å². The molecule has 0 atom stereocenters. The zero-order valence-electron chi connectivity index (χ0n) is 10.6. The van der Waals surface area contributed by atoms with E-state index in [1.807, 2.05) is 13.1 Å². The number of hydrogen-bond donors (Lipinski definition) is 1. The molecule has 0 saturated carbocycles. The van der Waals surface area contributed by atoms with Gasteiger partial charge in [-0.25, -0.2) is 9.37 Å². The Balaban J connectivity index is 2.26. The SMILES string of the molecule is Cc1c[nH]c2cc(-c3ccc(Cl)c(F)c3)nc(C=O)c12. The molecule has 2 aromatic heterocycles. The maximum Gasteiger partial charge on any atom is 0.169 e. The van der Waals surface area contributed by atoms with Crippen molar-refractivity contribution in [3.8, 4) is 11.3 Å². The number of benzene rings is 1. The molecule has 0 aliphatic heterocycles. The van der Waals surface area contributed by atoms with Gasteiger partial charge in [0, 0.05) is 17.1 Å². The van der Waals surface area contributed by atoms with Crippen LogP contribution in [0.2, 0.25) is 5.02 Å². The second kappa shape index (κ2) is 4.72. The molecule has 2 heterocycles. The largest absolute Gasteiger partial charge is 0.361 e. The van der Waals surface area contributed by atoms with Gasteiger partial charge in [-0.15, -0.1) is 0 Å². The van der Waals surface area contributed by atoms with Crippen molar-refractivity contribution in [2.24, 2.45) is 0 Å². The fourth-order valence-electron chi connectivity index (χ4n) is 2.24. The molecular formula is C15H10ClFN2O. The number of aromatic nitrogens is 2. The predicted molar refractivity (Wildman–Crippen MR) is 76.6 cm³/mol. The Morgan fingerprint density at radius 3 is 2.85 bits per heavy atom. The first-order valence-corrected chi connectivity index (χ1v) is 6.37. The minimum absolute atomic E-state index is 0.0566. The summed E-state index contributed by atoms with van der Waals surface area (Å²) in [6.45, 7) is 1.90. The number of pyridine rings is 1. The van der Waals surface area contributed by atoms with E-state index in [9.17, 15) is 9.18 Å². The summed E-state index contributed by atoms with van der Waals surface area (Å²) in [6, 6.07) is 6.24. The molecule has 3 aromatic rings. The van der Waals surface area contributed by atoms with E-state index in [1.165, 1.54) is 12.1 Å². The molecule has 0 aliphatic carbocycles. The van der Waals surface area contributed by atoms with Gasteiger partial charge in [-0.2, -0.15) is 0 Å². The molecule has 0 spiro atoms. The van der Waals surface area contributed by atoms with E-state index in [1.54, 1.807) is 12.1 Å². The van der Waals surface area contributed by atoms with Crippen LogP contribution in [0.5, 0.6) is 0 Å². The number of rotatable bonds is 2. The maximum atomic E-state index is 13.5. The molecule has 0 aliphatic rings. The maximum absolute atomic E-state index is 13.5. The van der Waals surface area contributed by atoms with Gasteiger partial charge in [-0.3, -0.25) is 4.79 Å². The van der Waals surface area contributed by atoms with Gasteiger partial charge in [0.25, 0.3) is 0 Å². The van der Waals surface area contributed by atoms with Crippen LogP contribution in [0.1, 0.15) is 16.1 Å². The van der Waals surface area contributed by atoms with Gasteiger partial charge >= 0.3 is 0 Å². The van der Waals surface area contributed by atoms with Crippen molar-refractivity contribution in [1.29, 1.82) is 0 Å². The summed E-state index contributed by atoms with van der Waals surface area (Å²) in [5.74, 6) is -0.513. The summed E-state index contributed by atoms with van der Waals surface area (Å²) in [7, 11) is 0. The normalized spacial score (nSPS) is 10.9. The number of nitrogens with zero attached hydrogens (tertiary/aromatic N) is 1. The zero-order valence-corrected chi connectivity index (χ0v) is 11.3. The van der Waals surface area contributed by atoms with E-state index in [4.69, 9.17) is 11.6 Å². The molecule has 0 bridgehead atoms. The summed E-state index contributed by atoms with van der Waals surface area (Å²) in [6.07, 6.45) is 2.52. The van der Waals surface area contributed by atoms with Crippen molar-refractivity contribution in [2.75, 3.05) is 0 Å². The Labute approximate surface area is 119 Å². The topological polar surface area (TPSA) is 45.8 Å². The molecule has 3 rings (SSSR count). The lowest BCUT2D eigenvalue weighted by Crippen LogP contribution is -1.93. The lowest BCUT2D eigenvalue weighted by molar-refractivity contribution is 0.112. The molecule has 0 radical (unpaired) electrons. The Morgan fingerprint density at radius 1 is 1.35 bits per heavy atom. The lowest BCUT2D eigenvalue weighted by Gasteiger charge is -2.05. The molecular weight excluding hydrogens is 279 g/mol. The molecule has 0 saturated heterocycles. The van der Waals surface area contributed by atoms with Crippen LogP contribution in [0.25, 0.3) is 22.2 Å². The molecule has 0 fully saturated rings. The second-order valence-corrected chi connectivity index (χ2v) is 4.94. The standard InChI is InChI=1S/C15H10ClFN2O/c1-8-6-18-13-5-12(19-14(7-20)15(8)13)9-2-3-10(16)11(17)4-9/h2-7,18H,1H3. The van der Waals surface area contributed by atoms with Crippen LogP contribution in [-0.4, -0.2) is 16.3 Å². The van der Waals surface area contributed by atoms with Crippen molar-refractivity contribution >= 4 is 28.8 Å². The lowest BCUT2D eigenvalue weighted by atomic mass is 10.1. The van der Waals surface area contributed by atoms with Crippen LogP contribution < -0.4 is 0 Å². The summed E-state index contributed by atoms with van der Waals surface area (Å²) in [5.41, 5.74) is 3.18. The zero-order chi connectivity index (χ0) is 14.3. The molecule has 1 N–H and O–H groups in total. The van der Waals surface area contributed by atoms with Crippen molar-refractivity contribution in [3.05, 3.63) is 52.6 Å². The van der Waals surface area contributed by atoms with E-state index >= 15 is 0 Å². The van der Waals surface area contributed by atoms with Crippen LogP contribution >= 0.6 is 11.6 Å². The van der Waals surface area contributed by atoms with E-state index in [0.717, 1.165) is 16.5 Å². The Hall–Kier alpha value is -2.20. The molecule has 100 valence electrons. The number of aldehydes is 1. The van der Waals surface area contributed by atoms with Crippen molar-refractivity contribution < 1.29 is 9.18 Å². The van der Waals surface area contributed by atoms with Crippen LogP contribution in [0.15, 0.2) is 30.5 Å². The number of carbonyl (C=O) groups excluding carboxylic acids is 1. The Bertz CT molecular complexity index is 826. The molecule has 3 nitrogen and oxygen atoms in total. The molecule has 0 amide bonds. The second-order valence-electron chi connectivity index (χ2n) is 4.53.